The number of hydrogen-bond donors (Lipinski definition) is 1. The molecule has 0 spiro atoms. The molecule has 2 aromatic rings. The third kappa shape index (κ3) is 5.54. The summed E-state index contributed by atoms with van der Waals surface area (Å²) in [5.74, 6) is 0.617. The van der Waals surface area contributed by atoms with E-state index >= 15 is 0 Å². The van der Waals surface area contributed by atoms with Crippen molar-refractivity contribution in [2.75, 3.05) is 19.3 Å². The highest BCUT2D eigenvalue weighted by Crippen LogP contribution is 2.27. The molecule has 0 saturated carbocycles. The summed E-state index contributed by atoms with van der Waals surface area (Å²) in [5.41, 5.74) is 1.67. The van der Waals surface area contributed by atoms with Gasteiger partial charge in [-0.25, -0.2) is 17.7 Å². The molecule has 0 atom stereocenters. The first kappa shape index (κ1) is 20.3. The lowest BCUT2D eigenvalue weighted by Crippen LogP contribution is -2.46. The summed E-state index contributed by atoms with van der Waals surface area (Å²) in [4.78, 5) is 18.1. The average molecular weight is 426 g/mol. The van der Waals surface area contributed by atoms with Gasteiger partial charge in [-0.1, -0.05) is 12.1 Å². The summed E-state index contributed by atoms with van der Waals surface area (Å²) < 4.78 is 24.7. The van der Waals surface area contributed by atoms with E-state index in [1.165, 1.54) is 10.6 Å². The van der Waals surface area contributed by atoms with Gasteiger partial charge in [0.15, 0.2) is 0 Å². The summed E-state index contributed by atoms with van der Waals surface area (Å²) in [5, 5.41) is 6.14. The molecule has 1 aliphatic rings. The van der Waals surface area contributed by atoms with Crippen LogP contribution in [0.1, 0.15) is 33.9 Å². The second-order valence-electron chi connectivity index (χ2n) is 6.55. The number of hydrogen-bond acceptors (Lipinski definition) is 6. The van der Waals surface area contributed by atoms with Crippen molar-refractivity contribution in [3.63, 3.8) is 0 Å². The molecule has 1 amide bonds. The van der Waals surface area contributed by atoms with Crippen LogP contribution in [0.4, 0.5) is 0 Å². The second kappa shape index (κ2) is 8.72. The number of benzene rings is 1. The lowest BCUT2D eigenvalue weighted by molar-refractivity contribution is 0.0921. The number of amides is 1. The number of carbonyl (C=O) groups excluding carboxylic acids is 1. The van der Waals surface area contributed by atoms with Crippen LogP contribution in [0.25, 0.3) is 0 Å². The van der Waals surface area contributed by atoms with E-state index in [1.54, 1.807) is 23.1 Å². The number of nitrogens with zero attached hydrogens (tertiary/aromatic N) is 2. The number of rotatable bonds is 6. The minimum atomic E-state index is -3.16. The largest absolute Gasteiger partial charge is 0.349 e. The smallest absolute Gasteiger partial charge is 0.252 e. The summed E-state index contributed by atoms with van der Waals surface area (Å²) in [6.07, 6.45) is 2.49. The molecule has 1 fully saturated rings. The lowest BCUT2D eigenvalue weighted by Gasteiger charge is -2.30. The van der Waals surface area contributed by atoms with E-state index in [9.17, 15) is 13.2 Å². The standard InChI is InChI=1S/C18H23N3O3S3/c1-13-19-15(11-25-13)12-26-17-6-4-3-5-16(17)18(22)20-14-7-9-21(10-8-14)27(2,23)24/h3-6,11,14H,7-10,12H2,1-2H3,(H,20,22). The van der Waals surface area contributed by atoms with Crippen LogP contribution in [0.2, 0.25) is 0 Å². The van der Waals surface area contributed by atoms with E-state index < -0.39 is 10.0 Å². The van der Waals surface area contributed by atoms with Gasteiger partial charge in [-0.2, -0.15) is 0 Å². The first-order chi connectivity index (χ1) is 12.8. The summed E-state index contributed by atoms with van der Waals surface area (Å²) in [6.45, 7) is 2.88. The molecular weight excluding hydrogens is 402 g/mol. The zero-order valence-corrected chi connectivity index (χ0v) is 17.8. The Hall–Kier alpha value is -1.42. The molecule has 2 heterocycles. The molecule has 0 radical (unpaired) electrons. The fraction of sp³-hybridized carbons (Fsp3) is 0.444. The molecule has 3 rings (SSSR count). The first-order valence-corrected chi connectivity index (χ1v) is 12.4. The van der Waals surface area contributed by atoms with Gasteiger partial charge in [0.05, 0.1) is 22.5 Å². The molecule has 0 aliphatic carbocycles. The van der Waals surface area contributed by atoms with Gasteiger partial charge in [0.1, 0.15) is 0 Å². The quantitative estimate of drug-likeness (QED) is 0.720. The van der Waals surface area contributed by atoms with Gasteiger partial charge in [0, 0.05) is 35.2 Å². The van der Waals surface area contributed by atoms with E-state index in [1.807, 2.05) is 36.6 Å². The van der Waals surface area contributed by atoms with Crippen LogP contribution >= 0.6 is 23.1 Å². The fourth-order valence-electron chi connectivity index (χ4n) is 3.00. The van der Waals surface area contributed by atoms with E-state index in [0.717, 1.165) is 21.3 Å². The van der Waals surface area contributed by atoms with Gasteiger partial charge in [0.2, 0.25) is 10.0 Å². The fourth-order valence-corrected chi connectivity index (χ4v) is 5.54. The van der Waals surface area contributed by atoms with Crippen molar-refractivity contribution in [2.24, 2.45) is 0 Å². The highest BCUT2D eigenvalue weighted by Gasteiger charge is 2.26. The Kier molecular flexibility index (Phi) is 6.56. The molecule has 146 valence electrons. The molecule has 1 N–H and O–H groups in total. The van der Waals surface area contributed by atoms with Crippen molar-refractivity contribution >= 4 is 39.0 Å². The molecule has 1 saturated heterocycles. The predicted octanol–water partition coefficient (Wildman–Crippen LogP) is 2.90. The van der Waals surface area contributed by atoms with E-state index in [-0.39, 0.29) is 11.9 Å². The van der Waals surface area contributed by atoms with Gasteiger partial charge in [-0.15, -0.1) is 23.1 Å². The second-order valence-corrected chi connectivity index (χ2v) is 10.6. The SMILES string of the molecule is Cc1nc(CSc2ccccc2C(=O)NC2CCN(S(C)(=O)=O)CC2)cs1. The van der Waals surface area contributed by atoms with Crippen LogP contribution in [-0.2, 0) is 15.8 Å². The minimum Gasteiger partial charge on any atom is -0.349 e. The third-order valence-corrected chi connectivity index (χ3v) is 7.66. The number of thiazole rings is 1. The Balaban J connectivity index is 1.60. The number of thioether (sulfide) groups is 1. The van der Waals surface area contributed by atoms with Crippen molar-refractivity contribution < 1.29 is 13.2 Å². The topological polar surface area (TPSA) is 79.4 Å². The van der Waals surface area contributed by atoms with Crippen molar-refractivity contribution in [1.29, 1.82) is 0 Å². The summed E-state index contributed by atoms with van der Waals surface area (Å²) >= 11 is 3.23. The van der Waals surface area contributed by atoms with Crippen LogP contribution in [0.5, 0.6) is 0 Å². The summed E-state index contributed by atoms with van der Waals surface area (Å²) in [6, 6.07) is 7.56. The Morgan fingerprint density at radius 3 is 2.67 bits per heavy atom. The maximum atomic E-state index is 12.8. The van der Waals surface area contributed by atoms with Crippen molar-refractivity contribution in [3.05, 3.63) is 45.9 Å². The molecule has 9 heteroatoms. The van der Waals surface area contributed by atoms with Crippen molar-refractivity contribution in [2.45, 2.75) is 36.5 Å². The Morgan fingerprint density at radius 2 is 2.04 bits per heavy atom. The van der Waals surface area contributed by atoms with Crippen LogP contribution in [0.3, 0.4) is 0 Å². The van der Waals surface area contributed by atoms with E-state index in [0.29, 0.717) is 31.5 Å². The molecule has 1 aromatic carbocycles. The zero-order chi connectivity index (χ0) is 19.4. The number of sulfonamides is 1. The Morgan fingerprint density at radius 1 is 1.33 bits per heavy atom. The molecule has 6 nitrogen and oxygen atoms in total. The minimum absolute atomic E-state index is 0.00486. The predicted molar refractivity (Wildman–Crippen MR) is 110 cm³/mol. The van der Waals surface area contributed by atoms with Crippen LogP contribution < -0.4 is 5.32 Å². The van der Waals surface area contributed by atoms with Gasteiger partial charge < -0.3 is 5.32 Å². The van der Waals surface area contributed by atoms with Gasteiger partial charge in [0.25, 0.3) is 5.91 Å². The molecular formula is C18H23N3O3S3. The number of piperidine rings is 1. The number of nitrogens with one attached hydrogen (secondary N) is 1. The number of aromatic nitrogens is 1. The van der Waals surface area contributed by atoms with E-state index in [4.69, 9.17) is 0 Å². The van der Waals surface area contributed by atoms with Crippen molar-refractivity contribution in [3.8, 4) is 0 Å². The number of carbonyl (C=O) groups is 1. The van der Waals surface area contributed by atoms with Crippen LogP contribution in [0, 0.1) is 6.92 Å². The molecule has 1 aliphatic heterocycles. The van der Waals surface area contributed by atoms with Crippen LogP contribution in [0.15, 0.2) is 34.5 Å². The van der Waals surface area contributed by atoms with Gasteiger partial charge in [-0.05, 0) is 31.9 Å². The number of aryl methyl sites for hydroxylation is 1. The Bertz CT molecular complexity index is 903. The molecule has 27 heavy (non-hydrogen) atoms. The average Bonchev–Trinajstić information content (AvgIpc) is 3.05. The third-order valence-electron chi connectivity index (χ3n) is 4.43. The molecule has 0 bridgehead atoms. The Labute approximate surface area is 168 Å². The monoisotopic (exact) mass is 425 g/mol. The maximum Gasteiger partial charge on any atom is 0.252 e. The highest BCUT2D eigenvalue weighted by atomic mass is 32.2. The molecule has 1 aromatic heterocycles. The van der Waals surface area contributed by atoms with Crippen LogP contribution in [-0.4, -0.2) is 49.0 Å². The van der Waals surface area contributed by atoms with Gasteiger partial charge >= 0.3 is 0 Å². The maximum absolute atomic E-state index is 12.8. The molecule has 0 unspecified atom stereocenters. The normalized spacial score (nSPS) is 16.4. The zero-order valence-electron chi connectivity index (χ0n) is 15.3. The lowest BCUT2D eigenvalue weighted by atomic mass is 10.1. The first-order valence-electron chi connectivity index (χ1n) is 8.72. The highest BCUT2D eigenvalue weighted by molar-refractivity contribution is 7.98. The van der Waals surface area contributed by atoms with Crippen molar-refractivity contribution in [1.82, 2.24) is 14.6 Å². The van der Waals surface area contributed by atoms with E-state index in [2.05, 4.69) is 10.3 Å². The summed E-state index contributed by atoms with van der Waals surface area (Å²) in [7, 11) is -3.16. The van der Waals surface area contributed by atoms with Gasteiger partial charge in [-0.3, -0.25) is 4.79 Å².